The average Bonchev–Trinajstić information content (AvgIpc) is 2.80. The summed E-state index contributed by atoms with van der Waals surface area (Å²) >= 11 is 1.56. The molecule has 2 unspecified atom stereocenters. The van der Waals surface area contributed by atoms with Crippen LogP contribution in [-0.2, 0) is 4.79 Å². The fraction of sp³-hybridized carbons (Fsp3) is 0.667. The highest BCUT2D eigenvalue weighted by Crippen LogP contribution is 2.15. The lowest BCUT2D eigenvalue weighted by atomic mass is 10.0. The first kappa shape index (κ1) is 14.1. The van der Waals surface area contributed by atoms with E-state index < -0.39 is 0 Å². The van der Waals surface area contributed by atoms with Crippen molar-refractivity contribution >= 4 is 17.2 Å². The summed E-state index contributed by atoms with van der Waals surface area (Å²) in [6.45, 7) is 4.78. The Morgan fingerprint density at radius 2 is 2.29 bits per heavy atom. The minimum atomic E-state index is 0.00677. The van der Waals surface area contributed by atoms with Gasteiger partial charge in [-0.05, 0) is 32.2 Å². The van der Waals surface area contributed by atoms with Crippen LogP contribution in [0.1, 0.15) is 44.2 Å². The van der Waals surface area contributed by atoms with E-state index in [9.17, 15) is 4.79 Å². The van der Waals surface area contributed by atoms with E-state index in [1.54, 1.807) is 17.5 Å². The van der Waals surface area contributed by atoms with Gasteiger partial charge in [-0.15, -0.1) is 11.3 Å². The number of carbonyl (C=O) groups is 1. The molecule has 0 radical (unpaired) electrons. The van der Waals surface area contributed by atoms with Crippen molar-refractivity contribution in [2.45, 2.75) is 39.2 Å². The molecular formula is C12H21N3OS. The number of hydrogen-bond donors (Lipinski definition) is 2. The predicted octanol–water partition coefficient (Wildman–Crippen LogP) is 2.09. The van der Waals surface area contributed by atoms with Crippen molar-refractivity contribution in [1.29, 1.82) is 0 Å². The third-order valence-corrected chi connectivity index (χ3v) is 3.68. The molecule has 5 heteroatoms. The molecule has 0 saturated heterocycles. The predicted molar refractivity (Wildman–Crippen MR) is 70.7 cm³/mol. The molecule has 1 aromatic heterocycles. The number of thiazole rings is 1. The molecule has 4 nitrogen and oxygen atoms in total. The molecule has 1 aromatic rings. The Bertz CT molecular complexity index is 327. The number of nitrogens with zero attached hydrogens (tertiary/aromatic N) is 1. The van der Waals surface area contributed by atoms with Crippen LogP contribution in [0, 0.1) is 5.92 Å². The smallest absolute Gasteiger partial charge is 0.220 e. The van der Waals surface area contributed by atoms with Crippen molar-refractivity contribution in [1.82, 2.24) is 10.3 Å². The molecule has 0 saturated carbocycles. The minimum absolute atomic E-state index is 0.00677. The van der Waals surface area contributed by atoms with Crippen molar-refractivity contribution in [3.63, 3.8) is 0 Å². The van der Waals surface area contributed by atoms with Crippen LogP contribution in [-0.4, -0.2) is 17.4 Å². The van der Waals surface area contributed by atoms with E-state index >= 15 is 0 Å². The average molecular weight is 255 g/mol. The zero-order valence-electron chi connectivity index (χ0n) is 10.5. The first-order chi connectivity index (χ1) is 8.13. The lowest BCUT2D eigenvalue weighted by Crippen LogP contribution is -2.26. The van der Waals surface area contributed by atoms with Crippen molar-refractivity contribution in [2.24, 2.45) is 11.7 Å². The maximum Gasteiger partial charge on any atom is 0.220 e. The van der Waals surface area contributed by atoms with Crippen LogP contribution >= 0.6 is 11.3 Å². The molecule has 1 heterocycles. The maximum absolute atomic E-state index is 11.7. The van der Waals surface area contributed by atoms with Crippen LogP contribution < -0.4 is 11.1 Å². The molecule has 0 spiro atoms. The summed E-state index contributed by atoms with van der Waals surface area (Å²) in [5.41, 5.74) is 5.47. The number of amides is 1. The quantitative estimate of drug-likeness (QED) is 0.784. The Morgan fingerprint density at radius 1 is 1.53 bits per heavy atom. The second-order valence-corrected chi connectivity index (χ2v) is 5.31. The van der Waals surface area contributed by atoms with Gasteiger partial charge in [0.05, 0.1) is 6.04 Å². The highest BCUT2D eigenvalue weighted by Gasteiger charge is 2.12. The molecule has 0 fully saturated rings. The fourth-order valence-corrected chi connectivity index (χ4v) is 2.28. The van der Waals surface area contributed by atoms with Gasteiger partial charge in [-0.25, -0.2) is 4.98 Å². The van der Waals surface area contributed by atoms with Gasteiger partial charge in [0.25, 0.3) is 0 Å². The molecular weight excluding hydrogens is 234 g/mol. The van der Waals surface area contributed by atoms with Gasteiger partial charge in [0, 0.05) is 18.0 Å². The normalized spacial score (nSPS) is 14.3. The van der Waals surface area contributed by atoms with Gasteiger partial charge in [-0.1, -0.05) is 6.92 Å². The van der Waals surface area contributed by atoms with Gasteiger partial charge in [0.2, 0.25) is 5.91 Å². The van der Waals surface area contributed by atoms with Crippen molar-refractivity contribution in [3.8, 4) is 0 Å². The first-order valence-electron chi connectivity index (χ1n) is 6.02. The molecule has 0 bridgehead atoms. The van der Waals surface area contributed by atoms with E-state index in [1.807, 2.05) is 12.3 Å². The molecule has 17 heavy (non-hydrogen) atoms. The van der Waals surface area contributed by atoms with Gasteiger partial charge in [-0.3, -0.25) is 4.79 Å². The molecule has 0 aliphatic carbocycles. The zero-order valence-corrected chi connectivity index (χ0v) is 11.3. The van der Waals surface area contributed by atoms with Gasteiger partial charge >= 0.3 is 0 Å². The van der Waals surface area contributed by atoms with Crippen LogP contribution in [0.2, 0.25) is 0 Å². The molecule has 0 aliphatic rings. The third-order valence-electron chi connectivity index (χ3n) is 2.72. The van der Waals surface area contributed by atoms with Crippen molar-refractivity contribution in [2.75, 3.05) is 6.54 Å². The summed E-state index contributed by atoms with van der Waals surface area (Å²) in [6, 6.07) is 0.00677. The first-order valence-corrected chi connectivity index (χ1v) is 6.90. The van der Waals surface area contributed by atoms with E-state index in [4.69, 9.17) is 5.73 Å². The SMILES string of the molecule is CC(CCN)CCC(=O)NC(C)c1nccs1. The van der Waals surface area contributed by atoms with Crippen LogP contribution in [0.3, 0.4) is 0 Å². The Kier molecular flexibility index (Phi) is 6.15. The van der Waals surface area contributed by atoms with Crippen LogP contribution in [0.25, 0.3) is 0 Å². The van der Waals surface area contributed by atoms with Gasteiger partial charge in [-0.2, -0.15) is 0 Å². The molecule has 0 aliphatic heterocycles. The molecule has 3 N–H and O–H groups in total. The Morgan fingerprint density at radius 3 is 2.88 bits per heavy atom. The largest absolute Gasteiger partial charge is 0.347 e. The zero-order chi connectivity index (χ0) is 12.7. The number of nitrogens with two attached hydrogens (primary N) is 1. The standard InChI is InChI=1S/C12H21N3OS/c1-9(5-6-13)3-4-11(16)15-10(2)12-14-7-8-17-12/h7-10H,3-6,13H2,1-2H3,(H,15,16). The lowest BCUT2D eigenvalue weighted by Gasteiger charge is -2.13. The Labute approximate surface area is 107 Å². The third kappa shape index (κ3) is 5.28. The van der Waals surface area contributed by atoms with Crippen LogP contribution in [0.15, 0.2) is 11.6 Å². The molecule has 1 rings (SSSR count). The monoisotopic (exact) mass is 255 g/mol. The van der Waals surface area contributed by atoms with E-state index in [2.05, 4.69) is 17.2 Å². The Balaban J connectivity index is 2.25. The van der Waals surface area contributed by atoms with Crippen LogP contribution in [0.5, 0.6) is 0 Å². The highest BCUT2D eigenvalue weighted by atomic mass is 32.1. The van der Waals surface area contributed by atoms with E-state index in [-0.39, 0.29) is 11.9 Å². The number of nitrogens with one attached hydrogen (secondary N) is 1. The summed E-state index contributed by atoms with van der Waals surface area (Å²) < 4.78 is 0. The number of aromatic nitrogens is 1. The number of carbonyl (C=O) groups excluding carboxylic acids is 1. The lowest BCUT2D eigenvalue weighted by molar-refractivity contribution is -0.122. The molecule has 2 atom stereocenters. The van der Waals surface area contributed by atoms with Crippen molar-refractivity contribution in [3.05, 3.63) is 16.6 Å². The number of rotatable bonds is 7. The summed E-state index contributed by atoms with van der Waals surface area (Å²) in [5.74, 6) is 0.609. The van der Waals surface area contributed by atoms with Crippen molar-refractivity contribution < 1.29 is 4.79 Å². The van der Waals surface area contributed by atoms with Gasteiger partial charge in [0.15, 0.2) is 0 Å². The van der Waals surface area contributed by atoms with Crippen LogP contribution in [0.4, 0.5) is 0 Å². The van der Waals surface area contributed by atoms with E-state index in [0.717, 1.165) is 17.8 Å². The number of hydrogen-bond acceptors (Lipinski definition) is 4. The van der Waals surface area contributed by atoms with Gasteiger partial charge < -0.3 is 11.1 Å². The summed E-state index contributed by atoms with van der Waals surface area (Å²) in [7, 11) is 0. The Hall–Kier alpha value is -0.940. The maximum atomic E-state index is 11.7. The summed E-state index contributed by atoms with van der Waals surface area (Å²) in [4.78, 5) is 15.9. The summed E-state index contributed by atoms with van der Waals surface area (Å²) in [6.07, 6.45) is 4.20. The second-order valence-electron chi connectivity index (χ2n) is 4.38. The van der Waals surface area contributed by atoms with Gasteiger partial charge in [0.1, 0.15) is 5.01 Å². The fourth-order valence-electron chi connectivity index (χ4n) is 1.63. The topological polar surface area (TPSA) is 68.0 Å². The molecule has 96 valence electrons. The second kappa shape index (κ2) is 7.40. The minimum Gasteiger partial charge on any atom is -0.347 e. The summed E-state index contributed by atoms with van der Waals surface area (Å²) in [5, 5.41) is 5.83. The highest BCUT2D eigenvalue weighted by molar-refractivity contribution is 7.09. The molecule has 0 aromatic carbocycles. The molecule has 1 amide bonds. The van der Waals surface area contributed by atoms with E-state index in [0.29, 0.717) is 18.9 Å². The van der Waals surface area contributed by atoms with E-state index in [1.165, 1.54) is 0 Å².